The molecule has 0 fully saturated rings. The highest BCUT2D eigenvalue weighted by Gasteiger charge is 2.11. The van der Waals surface area contributed by atoms with Crippen molar-refractivity contribution in [1.29, 1.82) is 0 Å². The van der Waals surface area contributed by atoms with Gasteiger partial charge in [0.2, 0.25) is 5.91 Å². The van der Waals surface area contributed by atoms with E-state index in [2.05, 4.69) is 12.2 Å². The second-order valence-electron chi connectivity index (χ2n) is 4.86. The van der Waals surface area contributed by atoms with Crippen LogP contribution in [0.3, 0.4) is 0 Å². The highest BCUT2D eigenvalue weighted by atomic mass is 35.5. The number of nitrogens with one attached hydrogen (secondary N) is 1. The van der Waals surface area contributed by atoms with Crippen LogP contribution in [0.1, 0.15) is 31.7 Å². The predicted octanol–water partition coefficient (Wildman–Crippen LogP) is 3.67. The van der Waals surface area contributed by atoms with Gasteiger partial charge in [-0.05, 0) is 36.5 Å². The first-order valence-electron chi connectivity index (χ1n) is 6.83. The number of hydrogen-bond donors (Lipinski definition) is 1. The molecule has 0 aliphatic carbocycles. The number of halogens is 3. The van der Waals surface area contributed by atoms with Crippen molar-refractivity contribution in [2.24, 2.45) is 5.92 Å². The van der Waals surface area contributed by atoms with Gasteiger partial charge in [-0.1, -0.05) is 19.4 Å². The number of carbonyl (C=O) groups excluding carboxylic acids is 1. The minimum Gasteiger partial charge on any atom is -0.356 e. The molecule has 112 valence electrons. The Bertz CT molecular complexity index is 434. The van der Waals surface area contributed by atoms with Gasteiger partial charge in [0.05, 0.1) is 6.42 Å². The molecule has 0 saturated carbocycles. The molecule has 5 heteroatoms. The van der Waals surface area contributed by atoms with Crippen molar-refractivity contribution in [2.75, 3.05) is 12.4 Å². The van der Waals surface area contributed by atoms with Crippen molar-refractivity contribution in [3.8, 4) is 0 Å². The van der Waals surface area contributed by atoms with Gasteiger partial charge in [0.25, 0.3) is 0 Å². The lowest BCUT2D eigenvalue weighted by Crippen LogP contribution is -2.30. The van der Waals surface area contributed by atoms with E-state index in [0.29, 0.717) is 23.9 Å². The Morgan fingerprint density at radius 3 is 2.65 bits per heavy atom. The van der Waals surface area contributed by atoms with Crippen LogP contribution in [0.15, 0.2) is 18.2 Å². The zero-order valence-electron chi connectivity index (χ0n) is 11.6. The summed E-state index contributed by atoms with van der Waals surface area (Å²) in [5, 5.41) is 2.82. The first-order chi connectivity index (χ1) is 9.56. The van der Waals surface area contributed by atoms with Crippen LogP contribution >= 0.6 is 11.6 Å². The van der Waals surface area contributed by atoms with Gasteiger partial charge < -0.3 is 5.32 Å². The van der Waals surface area contributed by atoms with Gasteiger partial charge in [-0.15, -0.1) is 11.6 Å². The summed E-state index contributed by atoms with van der Waals surface area (Å²) in [7, 11) is 0. The minimum atomic E-state index is -0.929. The fraction of sp³-hybridized carbons (Fsp3) is 0.533. The van der Waals surface area contributed by atoms with Crippen LogP contribution in [0.25, 0.3) is 0 Å². The van der Waals surface area contributed by atoms with Crippen molar-refractivity contribution < 1.29 is 13.6 Å². The third kappa shape index (κ3) is 5.87. The van der Waals surface area contributed by atoms with Crippen molar-refractivity contribution >= 4 is 17.5 Å². The zero-order valence-corrected chi connectivity index (χ0v) is 12.4. The second-order valence-corrected chi connectivity index (χ2v) is 5.24. The number of alkyl halides is 1. The Labute approximate surface area is 123 Å². The van der Waals surface area contributed by atoms with Crippen molar-refractivity contribution in [2.45, 2.75) is 32.6 Å². The Kier molecular flexibility index (Phi) is 7.52. The normalized spacial score (nSPS) is 12.2. The summed E-state index contributed by atoms with van der Waals surface area (Å²) < 4.78 is 25.8. The van der Waals surface area contributed by atoms with E-state index in [-0.39, 0.29) is 12.3 Å². The largest absolute Gasteiger partial charge is 0.356 e. The smallest absolute Gasteiger partial charge is 0.224 e. The van der Waals surface area contributed by atoms with Gasteiger partial charge in [0.1, 0.15) is 0 Å². The van der Waals surface area contributed by atoms with Gasteiger partial charge in [-0.25, -0.2) is 8.78 Å². The average Bonchev–Trinajstić information content (AvgIpc) is 2.41. The summed E-state index contributed by atoms with van der Waals surface area (Å²) in [5.41, 5.74) is 0.464. The maximum atomic E-state index is 13.0. The molecule has 0 aliphatic heterocycles. The van der Waals surface area contributed by atoms with Gasteiger partial charge in [0, 0.05) is 12.4 Å². The lowest BCUT2D eigenvalue weighted by molar-refractivity contribution is -0.120. The van der Waals surface area contributed by atoms with E-state index in [1.807, 2.05) is 0 Å². The first-order valence-corrected chi connectivity index (χ1v) is 7.36. The molecule has 2 nitrogen and oxygen atoms in total. The third-order valence-corrected chi connectivity index (χ3v) is 3.37. The van der Waals surface area contributed by atoms with Crippen molar-refractivity contribution in [3.05, 3.63) is 35.4 Å². The van der Waals surface area contributed by atoms with E-state index in [9.17, 15) is 13.6 Å². The molecule has 0 aromatic heterocycles. The first kappa shape index (κ1) is 16.9. The summed E-state index contributed by atoms with van der Waals surface area (Å²) in [6.45, 7) is 2.66. The second kappa shape index (κ2) is 8.90. The summed E-state index contributed by atoms with van der Waals surface area (Å²) in [6.07, 6.45) is 2.97. The van der Waals surface area contributed by atoms with Gasteiger partial charge in [0.15, 0.2) is 11.6 Å². The maximum absolute atomic E-state index is 13.0. The highest BCUT2D eigenvalue weighted by molar-refractivity contribution is 6.17. The molecule has 0 aliphatic rings. The lowest BCUT2D eigenvalue weighted by Gasteiger charge is -2.15. The quantitative estimate of drug-likeness (QED) is 0.730. The van der Waals surface area contributed by atoms with Crippen LogP contribution in [0.4, 0.5) is 8.78 Å². The molecule has 0 saturated heterocycles. The Morgan fingerprint density at radius 2 is 2.05 bits per heavy atom. The molecule has 1 rings (SSSR count). The molecular weight excluding hydrogens is 284 g/mol. The molecule has 0 radical (unpaired) electrons. The molecule has 1 N–H and O–H groups in total. The summed E-state index contributed by atoms with van der Waals surface area (Å²) in [4.78, 5) is 11.8. The van der Waals surface area contributed by atoms with Crippen LogP contribution in [-0.2, 0) is 11.2 Å². The number of carbonyl (C=O) groups is 1. The van der Waals surface area contributed by atoms with Crippen LogP contribution < -0.4 is 5.32 Å². The van der Waals surface area contributed by atoms with Crippen LogP contribution in [0, 0.1) is 17.6 Å². The molecule has 1 atom stereocenters. The molecule has 0 bridgehead atoms. The lowest BCUT2D eigenvalue weighted by atomic mass is 10.0. The average molecular weight is 304 g/mol. The predicted molar refractivity (Wildman–Crippen MR) is 76.8 cm³/mol. The summed E-state index contributed by atoms with van der Waals surface area (Å²) >= 11 is 5.72. The number of benzene rings is 1. The Hall–Kier alpha value is -1.16. The van der Waals surface area contributed by atoms with E-state index in [4.69, 9.17) is 11.6 Å². The highest BCUT2D eigenvalue weighted by Crippen LogP contribution is 2.12. The fourth-order valence-electron chi connectivity index (χ4n) is 2.07. The zero-order chi connectivity index (χ0) is 15.0. The third-order valence-electron chi connectivity index (χ3n) is 3.15. The Morgan fingerprint density at radius 1 is 1.30 bits per heavy atom. The standard InChI is InChI=1S/C15H20ClF2NO/c1-2-3-11(6-7-16)10-19-15(20)9-12-4-5-13(17)14(18)8-12/h4-5,8,11H,2-3,6-7,9-10H2,1H3,(H,19,20). The molecular formula is C15H20ClF2NO. The summed E-state index contributed by atoms with van der Waals surface area (Å²) in [6, 6.07) is 3.50. The van der Waals surface area contributed by atoms with Gasteiger partial charge >= 0.3 is 0 Å². The van der Waals surface area contributed by atoms with Crippen molar-refractivity contribution in [1.82, 2.24) is 5.32 Å². The van der Waals surface area contributed by atoms with Gasteiger partial charge in [-0.2, -0.15) is 0 Å². The monoisotopic (exact) mass is 303 g/mol. The van der Waals surface area contributed by atoms with Crippen LogP contribution in [0.2, 0.25) is 0 Å². The number of amides is 1. The molecule has 1 aromatic rings. The van der Waals surface area contributed by atoms with Gasteiger partial charge in [-0.3, -0.25) is 4.79 Å². The molecule has 1 amide bonds. The number of rotatable bonds is 8. The SMILES string of the molecule is CCCC(CCCl)CNC(=O)Cc1ccc(F)c(F)c1. The van der Waals surface area contributed by atoms with E-state index >= 15 is 0 Å². The number of hydrogen-bond acceptors (Lipinski definition) is 1. The minimum absolute atomic E-state index is 0.0525. The van der Waals surface area contributed by atoms with E-state index in [0.717, 1.165) is 31.4 Å². The molecule has 20 heavy (non-hydrogen) atoms. The molecule has 1 unspecified atom stereocenters. The topological polar surface area (TPSA) is 29.1 Å². The molecule has 1 aromatic carbocycles. The summed E-state index contributed by atoms with van der Waals surface area (Å²) in [5.74, 6) is -1.08. The van der Waals surface area contributed by atoms with E-state index in [1.165, 1.54) is 6.07 Å². The molecule has 0 spiro atoms. The van der Waals surface area contributed by atoms with Crippen LogP contribution in [-0.4, -0.2) is 18.3 Å². The molecule has 0 heterocycles. The maximum Gasteiger partial charge on any atom is 0.224 e. The van der Waals surface area contributed by atoms with Crippen LogP contribution in [0.5, 0.6) is 0 Å². The van der Waals surface area contributed by atoms with E-state index in [1.54, 1.807) is 0 Å². The fourth-order valence-corrected chi connectivity index (χ4v) is 2.38. The Balaban J connectivity index is 2.44. The van der Waals surface area contributed by atoms with Crippen molar-refractivity contribution in [3.63, 3.8) is 0 Å². The van der Waals surface area contributed by atoms with E-state index < -0.39 is 11.6 Å².